The summed E-state index contributed by atoms with van der Waals surface area (Å²) in [6.45, 7) is 7.21. The molecule has 2 bridgehead atoms. The van der Waals surface area contributed by atoms with Crippen LogP contribution < -0.4 is 5.32 Å². The molecule has 2 nitrogen and oxygen atoms in total. The summed E-state index contributed by atoms with van der Waals surface area (Å²) in [5.74, 6) is 0. The van der Waals surface area contributed by atoms with Crippen LogP contribution in [0.25, 0.3) is 0 Å². The summed E-state index contributed by atoms with van der Waals surface area (Å²) in [6.07, 6.45) is 11.6. The fourth-order valence-corrected chi connectivity index (χ4v) is 4.68. The zero-order valence-electron chi connectivity index (χ0n) is 12.3. The second-order valence-corrected chi connectivity index (χ2v) is 6.99. The van der Waals surface area contributed by atoms with Crippen molar-refractivity contribution in [1.29, 1.82) is 0 Å². The van der Waals surface area contributed by atoms with Gasteiger partial charge in [0.1, 0.15) is 0 Å². The van der Waals surface area contributed by atoms with E-state index in [4.69, 9.17) is 0 Å². The minimum absolute atomic E-state index is 0.714. The van der Waals surface area contributed by atoms with Crippen molar-refractivity contribution in [1.82, 2.24) is 10.2 Å². The zero-order valence-corrected chi connectivity index (χ0v) is 12.3. The normalized spacial score (nSPS) is 38.7. The lowest BCUT2D eigenvalue weighted by atomic mass is 9.66. The van der Waals surface area contributed by atoms with E-state index in [9.17, 15) is 0 Å². The van der Waals surface area contributed by atoms with Crippen LogP contribution in [0.3, 0.4) is 0 Å². The first kappa shape index (κ1) is 12.9. The Hall–Kier alpha value is -0.0800. The van der Waals surface area contributed by atoms with Gasteiger partial charge in [0.15, 0.2) is 0 Å². The molecule has 18 heavy (non-hydrogen) atoms. The van der Waals surface area contributed by atoms with Crippen LogP contribution in [-0.2, 0) is 0 Å². The first-order valence-electron chi connectivity index (χ1n) is 8.25. The Kier molecular flexibility index (Phi) is 3.68. The van der Waals surface area contributed by atoms with Crippen LogP contribution in [0.5, 0.6) is 0 Å². The maximum atomic E-state index is 3.68. The number of hydrogen-bond donors (Lipinski definition) is 1. The number of piperidine rings is 1. The van der Waals surface area contributed by atoms with Gasteiger partial charge in [0, 0.05) is 24.7 Å². The Morgan fingerprint density at radius 2 is 1.78 bits per heavy atom. The number of fused-ring (bicyclic) bond motifs is 2. The molecule has 0 aromatic carbocycles. The van der Waals surface area contributed by atoms with Crippen molar-refractivity contribution in [3.8, 4) is 0 Å². The van der Waals surface area contributed by atoms with Gasteiger partial charge < -0.3 is 5.32 Å². The number of rotatable bonds is 5. The second-order valence-electron chi connectivity index (χ2n) is 6.99. The molecule has 3 aliphatic rings. The van der Waals surface area contributed by atoms with Crippen molar-refractivity contribution in [3.63, 3.8) is 0 Å². The summed E-state index contributed by atoms with van der Waals surface area (Å²) in [5, 5.41) is 3.68. The average Bonchev–Trinajstić information content (AvgIpc) is 2.56. The topological polar surface area (TPSA) is 15.3 Å². The number of nitrogens with one attached hydrogen (secondary N) is 1. The summed E-state index contributed by atoms with van der Waals surface area (Å²) < 4.78 is 0. The van der Waals surface area contributed by atoms with Gasteiger partial charge in [0.2, 0.25) is 0 Å². The number of hydrogen-bond acceptors (Lipinski definition) is 2. The third kappa shape index (κ3) is 2.22. The van der Waals surface area contributed by atoms with E-state index in [2.05, 4.69) is 24.1 Å². The second kappa shape index (κ2) is 5.13. The lowest BCUT2D eigenvalue weighted by Crippen LogP contribution is -2.53. The van der Waals surface area contributed by atoms with Gasteiger partial charge in [-0.1, -0.05) is 20.3 Å². The molecule has 1 N–H and O–H groups in total. The van der Waals surface area contributed by atoms with E-state index >= 15 is 0 Å². The highest BCUT2D eigenvalue weighted by Crippen LogP contribution is 2.47. The summed E-state index contributed by atoms with van der Waals surface area (Å²) in [4.78, 5) is 2.91. The quantitative estimate of drug-likeness (QED) is 0.806. The van der Waals surface area contributed by atoms with Crippen LogP contribution >= 0.6 is 0 Å². The van der Waals surface area contributed by atoms with Gasteiger partial charge >= 0.3 is 0 Å². The van der Waals surface area contributed by atoms with Crippen LogP contribution in [-0.4, -0.2) is 36.1 Å². The van der Waals surface area contributed by atoms with Crippen molar-refractivity contribution >= 4 is 0 Å². The Labute approximate surface area is 113 Å². The molecule has 3 fully saturated rings. The number of nitrogens with zero attached hydrogens (tertiary/aromatic N) is 1. The van der Waals surface area contributed by atoms with E-state index < -0.39 is 0 Å². The van der Waals surface area contributed by atoms with Gasteiger partial charge in [0.25, 0.3) is 0 Å². The molecule has 2 heteroatoms. The van der Waals surface area contributed by atoms with Crippen molar-refractivity contribution in [2.24, 2.45) is 5.41 Å². The van der Waals surface area contributed by atoms with E-state index in [0.717, 1.165) is 24.7 Å². The molecule has 1 aliphatic carbocycles. The molecule has 104 valence electrons. The van der Waals surface area contributed by atoms with E-state index in [1.54, 1.807) is 0 Å². The summed E-state index contributed by atoms with van der Waals surface area (Å²) in [7, 11) is 0. The molecule has 3 rings (SSSR count). The van der Waals surface area contributed by atoms with Crippen LogP contribution in [0, 0.1) is 5.41 Å². The van der Waals surface area contributed by atoms with E-state index in [0.29, 0.717) is 5.41 Å². The molecule has 0 radical (unpaired) electrons. The highest BCUT2D eigenvalue weighted by molar-refractivity contribution is 5.01. The zero-order chi connectivity index (χ0) is 12.6. The summed E-state index contributed by atoms with van der Waals surface area (Å²) >= 11 is 0. The SMILES string of the molecule is CCNC1CC2CCC(C1)N2CC1(CC)CCC1. The monoisotopic (exact) mass is 250 g/mol. The lowest BCUT2D eigenvalue weighted by molar-refractivity contribution is 0.0148. The molecule has 2 saturated heterocycles. The molecule has 2 unspecified atom stereocenters. The molecule has 0 amide bonds. The van der Waals surface area contributed by atoms with Gasteiger partial charge in [0.05, 0.1) is 0 Å². The molecule has 0 spiro atoms. The summed E-state index contributed by atoms with van der Waals surface area (Å²) in [5.41, 5.74) is 0.714. The van der Waals surface area contributed by atoms with Gasteiger partial charge in [-0.25, -0.2) is 0 Å². The molecule has 0 aromatic heterocycles. The molecule has 1 saturated carbocycles. The van der Waals surface area contributed by atoms with Gasteiger partial charge in [-0.3, -0.25) is 4.90 Å². The van der Waals surface area contributed by atoms with Gasteiger partial charge in [-0.05, 0) is 56.9 Å². The smallest absolute Gasteiger partial charge is 0.0114 e. The molecule has 2 heterocycles. The fourth-order valence-electron chi connectivity index (χ4n) is 4.68. The molecule has 2 aliphatic heterocycles. The molecular formula is C16H30N2. The van der Waals surface area contributed by atoms with Gasteiger partial charge in [-0.15, -0.1) is 0 Å². The Bertz CT molecular complexity index is 265. The third-order valence-corrected chi connectivity index (χ3v) is 6.06. The largest absolute Gasteiger partial charge is 0.314 e. The highest BCUT2D eigenvalue weighted by atomic mass is 15.2. The Balaban J connectivity index is 1.61. The molecule has 0 aromatic rings. The first-order valence-corrected chi connectivity index (χ1v) is 8.25. The predicted octanol–water partition coefficient (Wildman–Crippen LogP) is 3.17. The first-order chi connectivity index (χ1) is 8.76. The Morgan fingerprint density at radius 3 is 2.22 bits per heavy atom. The Morgan fingerprint density at radius 1 is 1.11 bits per heavy atom. The van der Waals surface area contributed by atoms with Crippen molar-refractivity contribution in [2.75, 3.05) is 13.1 Å². The third-order valence-electron chi connectivity index (χ3n) is 6.06. The standard InChI is InChI=1S/C16H30N2/c1-3-16(8-5-9-16)12-18-14-6-7-15(18)11-13(10-14)17-4-2/h13-15,17H,3-12H2,1-2H3. The van der Waals surface area contributed by atoms with Crippen LogP contribution in [0.2, 0.25) is 0 Å². The minimum atomic E-state index is 0.714. The lowest BCUT2D eigenvalue weighted by Gasteiger charge is -2.49. The average molecular weight is 250 g/mol. The minimum Gasteiger partial charge on any atom is -0.314 e. The van der Waals surface area contributed by atoms with Crippen molar-refractivity contribution < 1.29 is 0 Å². The predicted molar refractivity (Wildman–Crippen MR) is 76.8 cm³/mol. The van der Waals surface area contributed by atoms with Crippen LogP contribution in [0.15, 0.2) is 0 Å². The van der Waals surface area contributed by atoms with E-state index in [1.807, 2.05) is 0 Å². The van der Waals surface area contributed by atoms with Gasteiger partial charge in [-0.2, -0.15) is 0 Å². The maximum Gasteiger partial charge on any atom is 0.0114 e. The van der Waals surface area contributed by atoms with Crippen molar-refractivity contribution in [3.05, 3.63) is 0 Å². The van der Waals surface area contributed by atoms with E-state index in [1.165, 1.54) is 57.9 Å². The molecule has 2 atom stereocenters. The van der Waals surface area contributed by atoms with Crippen molar-refractivity contribution in [2.45, 2.75) is 83.3 Å². The van der Waals surface area contributed by atoms with Crippen LogP contribution in [0.1, 0.15) is 65.2 Å². The molecular weight excluding hydrogens is 220 g/mol. The van der Waals surface area contributed by atoms with E-state index in [-0.39, 0.29) is 0 Å². The summed E-state index contributed by atoms with van der Waals surface area (Å²) in [6, 6.07) is 2.61. The highest BCUT2D eigenvalue weighted by Gasteiger charge is 2.45. The fraction of sp³-hybridized carbons (Fsp3) is 1.00. The van der Waals surface area contributed by atoms with Crippen LogP contribution in [0.4, 0.5) is 0 Å². The maximum absolute atomic E-state index is 3.68.